The zero-order chi connectivity index (χ0) is 25.6. The van der Waals surface area contributed by atoms with Crippen LogP contribution in [0.25, 0.3) is 10.9 Å². The van der Waals surface area contributed by atoms with Gasteiger partial charge in [0.1, 0.15) is 5.78 Å². The van der Waals surface area contributed by atoms with Crippen molar-refractivity contribution in [3.8, 4) is 6.07 Å². The van der Waals surface area contributed by atoms with Crippen LogP contribution in [0, 0.1) is 11.3 Å². The number of carbonyl (C=O) groups is 2. The average Bonchev–Trinajstić information content (AvgIpc) is 3.33. The smallest absolute Gasteiger partial charge is 0.241 e. The second-order valence-electron chi connectivity index (χ2n) is 10.3. The molecule has 0 radical (unpaired) electrons. The zero-order valence-corrected chi connectivity index (χ0v) is 21.4. The lowest BCUT2D eigenvalue weighted by Crippen LogP contribution is -2.52. The van der Waals surface area contributed by atoms with Gasteiger partial charge in [0.2, 0.25) is 5.91 Å². The number of nitriles is 1. The average molecular weight is 498 g/mol. The number of hydrogen-bond donors (Lipinski definition) is 1. The summed E-state index contributed by atoms with van der Waals surface area (Å²) in [7, 11) is 0. The minimum Gasteiger partial charge on any atom is -0.361 e. The standard InChI is InChI=1S/C30H35N5O2/c31-20-23-8-13-29-28(19-23)24(21-32-29)5-4-14-33-15-17-34(18-16-33)22-30(37)35(25-6-2-1-3-7-25)26-9-11-27(36)12-10-26/h1-3,6-8,13,19,21,26,32H,4-5,9-12,14-18,22H2. The van der Waals surface area contributed by atoms with E-state index >= 15 is 0 Å². The SMILES string of the molecule is N#Cc1ccc2[nH]cc(CCCN3CCN(CC(=O)N(c4ccccc4)C4CCC(=O)CC4)CC3)c2c1. The van der Waals surface area contributed by atoms with Crippen LogP contribution in [0.1, 0.15) is 43.2 Å². The van der Waals surface area contributed by atoms with Crippen LogP contribution >= 0.6 is 0 Å². The molecular weight excluding hydrogens is 462 g/mol. The molecule has 5 rings (SSSR count). The molecule has 1 aliphatic carbocycles. The van der Waals surface area contributed by atoms with E-state index in [1.54, 1.807) is 0 Å². The van der Waals surface area contributed by atoms with Gasteiger partial charge in [-0.1, -0.05) is 18.2 Å². The normalized spacial score (nSPS) is 17.6. The first kappa shape index (κ1) is 25.2. The molecule has 2 fully saturated rings. The quantitative estimate of drug-likeness (QED) is 0.506. The number of amides is 1. The zero-order valence-electron chi connectivity index (χ0n) is 21.4. The summed E-state index contributed by atoms with van der Waals surface area (Å²) in [6.45, 7) is 5.14. The number of para-hydroxylation sites is 1. The van der Waals surface area contributed by atoms with Gasteiger partial charge in [-0.25, -0.2) is 0 Å². The van der Waals surface area contributed by atoms with Crippen molar-refractivity contribution in [1.29, 1.82) is 5.26 Å². The van der Waals surface area contributed by atoms with Crippen molar-refractivity contribution in [2.24, 2.45) is 0 Å². The highest BCUT2D eigenvalue weighted by molar-refractivity contribution is 5.96. The number of H-pyrrole nitrogens is 1. The maximum Gasteiger partial charge on any atom is 0.241 e. The van der Waals surface area contributed by atoms with Crippen molar-refractivity contribution in [1.82, 2.24) is 14.8 Å². The molecule has 2 aliphatic rings. The van der Waals surface area contributed by atoms with E-state index in [9.17, 15) is 14.9 Å². The molecule has 1 N–H and O–H groups in total. The van der Waals surface area contributed by atoms with Crippen LogP contribution in [-0.4, -0.2) is 71.8 Å². The third kappa shape index (κ3) is 6.10. The molecule has 7 nitrogen and oxygen atoms in total. The molecule has 1 amide bonds. The third-order valence-electron chi connectivity index (χ3n) is 7.82. The fourth-order valence-electron chi connectivity index (χ4n) is 5.72. The van der Waals surface area contributed by atoms with Crippen molar-refractivity contribution in [3.63, 3.8) is 0 Å². The fraction of sp³-hybridized carbons (Fsp3) is 0.433. The number of benzene rings is 2. The summed E-state index contributed by atoms with van der Waals surface area (Å²) >= 11 is 0. The number of aryl methyl sites for hydroxylation is 1. The fourth-order valence-corrected chi connectivity index (χ4v) is 5.72. The molecule has 192 valence electrons. The summed E-state index contributed by atoms with van der Waals surface area (Å²) in [6.07, 6.45) is 6.74. The molecular formula is C30H35N5O2. The van der Waals surface area contributed by atoms with Crippen molar-refractivity contribution in [2.45, 2.75) is 44.6 Å². The van der Waals surface area contributed by atoms with Crippen molar-refractivity contribution < 1.29 is 9.59 Å². The van der Waals surface area contributed by atoms with E-state index < -0.39 is 0 Å². The van der Waals surface area contributed by atoms with Gasteiger partial charge in [0.25, 0.3) is 0 Å². The summed E-state index contributed by atoms with van der Waals surface area (Å²) in [5, 5.41) is 10.4. The Hall–Kier alpha value is -3.47. The molecule has 1 aromatic heterocycles. The topological polar surface area (TPSA) is 83.4 Å². The van der Waals surface area contributed by atoms with E-state index in [0.717, 1.165) is 75.0 Å². The Kier molecular flexibility index (Phi) is 7.98. The first-order valence-corrected chi connectivity index (χ1v) is 13.4. The van der Waals surface area contributed by atoms with Crippen LogP contribution in [0.2, 0.25) is 0 Å². The molecule has 7 heteroatoms. The van der Waals surface area contributed by atoms with Crippen molar-refractivity contribution >= 4 is 28.3 Å². The van der Waals surface area contributed by atoms with Crippen LogP contribution in [-0.2, 0) is 16.0 Å². The number of nitrogens with one attached hydrogen (secondary N) is 1. The van der Waals surface area contributed by atoms with Gasteiger partial charge in [-0.15, -0.1) is 0 Å². The number of aromatic nitrogens is 1. The first-order chi connectivity index (χ1) is 18.1. The van der Waals surface area contributed by atoms with Crippen LogP contribution < -0.4 is 4.90 Å². The van der Waals surface area contributed by atoms with Gasteiger partial charge in [-0.2, -0.15) is 5.26 Å². The van der Waals surface area contributed by atoms with E-state index in [0.29, 0.717) is 30.7 Å². The van der Waals surface area contributed by atoms with Crippen molar-refractivity contribution in [2.75, 3.05) is 44.2 Å². The Bertz CT molecular complexity index is 1260. The minimum atomic E-state index is 0.0997. The molecule has 3 aromatic rings. The lowest BCUT2D eigenvalue weighted by Gasteiger charge is -2.38. The molecule has 0 bridgehead atoms. The molecule has 0 spiro atoms. The molecule has 0 unspecified atom stereocenters. The second-order valence-corrected chi connectivity index (χ2v) is 10.3. The van der Waals surface area contributed by atoms with Gasteiger partial charge in [0.15, 0.2) is 0 Å². The number of nitrogens with zero attached hydrogens (tertiary/aromatic N) is 4. The number of carbonyl (C=O) groups excluding carboxylic acids is 2. The highest BCUT2D eigenvalue weighted by Gasteiger charge is 2.30. The lowest BCUT2D eigenvalue weighted by molar-refractivity contribution is -0.123. The van der Waals surface area contributed by atoms with Crippen LogP contribution in [0.3, 0.4) is 0 Å². The number of Topliss-reactive ketones (excluding diaryl/α,β-unsaturated/α-hetero) is 1. The largest absolute Gasteiger partial charge is 0.361 e. The molecule has 1 aliphatic heterocycles. The Morgan fingerprint density at radius 3 is 2.49 bits per heavy atom. The van der Waals surface area contributed by atoms with Gasteiger partial charge in [-0.05, 0) is 68.1 Å². The third-order valence-corrected chi connectivity index (χ3v) is 7.82. The first-order valence-electron chi connectivity index (χ1n) is 13.4. The number of piperazine rings is 1. The van der Waals surface area contributed by atoms with E-state index in [1.807, 2.05) is 53.4 Å². The Morgan fingerprint density at radius 1 is 1.03 bits per heavy atom. The highest BCUT2D eigenvalue weighted by atomic mass is 16.2. The Balaban J connectivity index is 1.11. The molecule has 1 saturated heterocycles. The van der Waals surface area contributed by atoms with Gasteiger partial charge in [0.05, 0.1) is 18.2 Å². The van der Waals surface area contributed by atoms with Gasteiger partial charge < -0.3 is 14.8 Å². The van der Waals surface area contributed by atoms with Crippen LogP contribution in [0.4, 0.5) is 5.69 Å². The predicted octanol–water partition coefficient (Wildman–Crippen LogP) is 4.13. The number of aromatic amines is 1. The minimum absolute atomic E-state index is 0.0997. The highest BCUT2D eigenvalue weighted by Crippen LogP contribution is 2.27. The van der Waals surface area contributed by atoms with Crippen LogP contribution in [0.15, 0.2) is 54.7 Å². The van der Waals surface area contributed by atoms with E-state index in [-0.39, 0.29) is 11.9 Å². The second kappa shape index (κ2) is 11.7. The molecule has 2 aromatic carbocycles. The summed E-state index contributed by atoms with van der Waals surface area (Å²) in [5.74, 6) is 0.444. The Labute approximate surface area is 218 Å². The lowest BCUT2D eigenvalue weighted by atomic mass is 9.92. The number of anilines is 1. The number of fused-ring (bicyclic) bond motifs is 1. The predicted molar refractivity (Wildman–Crippen MR) is 145 cm³/mol. The maximum atomic E-state index is 13.5. The number of hydrogen-bond acceptors (Lipinski definition) is 5. The van der Waals surface area contributed by atoms with E-state index in [4.69, 9.17) is 0 Å². The van der Waals surface area contributed by atoms with Gasteiger partial charge >= 0.3 is 0 Å². The molecule has 37 heavy (non-hydrogen) atoms. The number of rotatable bonds is 8. The summed E-state index contributed by atoms with van der Waals surface area (Å²) in [4.78, 5) is 35.3. The summed E-state index contributed by atoms with van der Waals surface area (Å²) in [6, 6.07) is 18.0. The summed E-state index contributed by atoms with van der Waals surface area (Å²) in [5.41, 5.74) is 3.98. The monoisotopic (exact) mass is 497 g/mol. The molecule has 2 heterocycles. The van der Waals surface area contributed by atoms with Gasteiger partial charge in [-0.3, -0.25) is 14.5 Å². The van der Waals surface area contributed by atoms with Crippen LogP contribution in [0.5, 0.6) is 0 Å². The molecule has 1 saturated carbocycles. The van der Waals surface area contributed by atoms with E-state index in [2.05, 4.69) is 27.0 Å². The maximum absolute atomic E-state index is 13.5. The van der Waals surface area contributed by atoms with Crippen molar-refractivity contribution in [3.05, 3.63) is 65.9 Å². The molecule has 0 atom stereocenters. The van der Waals surface area contributed by atoms with E-state index in [1.165, 1.54) is 5.56 Å². The number of ketones is 1. The Morgan fingerprint density at radius 2 is 1.76 bits per heavy atom. The van der Waals surface area contributed by atoms with Gasteiger partial charge in [0, 0.05) is 67.8 Å². The summed E-state index contributed by atoms with van der Waals surface area (Å²) < 4.78 is 0.